The van der Waals surface area contributed by atoms with Crippen LogP contribution >= 0.6 is 11.8 Å². The summed E-state index contributed by atoms with van der Waals surface area (Å²) in [6.07, 6.45) is 0.616. The highest BCUT2D eigenvalue weighted by molar-refractivity contribution is 7.99. The Hall–Kier alpha value is -1.12. The second-order valence-corrected chi connectivity index (χ2v) is 4.31. The van der Waals surface area contributed by atoms with Crippen molar-refractivity contribution in [1.82, 2.24) is 9.55 Å². The van der Waals surface area contributed by atoms with Gasteiger partial charge in [-0.05, 0) is 0 Å². The van der Waals surface area contributed by atoms with E-state index < -0.39 is 22.9 Å². The van der Waals surface area contributed by atoms with Gasteiger partial charge in [0.25, 0.3) is 0 Å². The third-order valence-corrected chi connectivity index (χ3v) is 3.29. The molecule has 0 radical (unpaired) electrons. The van der Waals surface area contributed by atoms with Crippen LogP contribution < -0.4 is 11.4 Å². The maximum absolute atomic E-state index is 13.1. The summed E-state index contributed by atoms with van der Waals surface area (Å²) in [5.41, 5.74) is 3.82. The van der Waals surface area contributed by atoms with Crippen LogP contribution in [0.15, 0.2) is 11.0 Å². The van der Waals surface area contributed by atoms with Gasteiger partial charge < -0.3 is 15.6 Å². The molecule has 1 aromatic heterocycles. The van der Waals surface area contributed by atoms with Gasteiger partial charge >= 0.3 is 5.69 Å². The minimum Gasteiger partial charge on any atom is -0.394 e. The van der Waals surface area contributed by atoms with E-state index >= 15 is 0 Å². The predicted molar refractivity (Wildman–Crippen MR) is 56.3 cm³/mol. The fourth-order valence-corrected chi connectivity index (χ4v) is 2.39. The number of aliphatic hydroxyl groups is 1. The average Bonchev–Trinajstić information content (AvgIpc) is 2.71. The number of hydrogen-bond donors (Lipinski definition) is 2. The van der Waals surface area contributed by atoms with E-state index in [2.05, 4.69) is 4.98 Å². The molecule has 0 amide bonds. The first-order valence-electron chi connectivity index (χ1n) is 4.54. The van der Waals surface area contributed by atoms with E-state index in [9.17, 15) is 9.18 Å². The monoisotopic (exact) mass is 247 g/mol. The highest BCUT2D eigenvalue weighted by Crippen LogP contribution is 2.32. The SMILES string of the molecule is Nc1nc(=O)n([C@@H]2O[C@H](CO)CS2)cc1F. The van der Waals surface area contributed by atoms with E-state index in [-0.39, 0.29) is 12.7 Å². The Kier molecular flexibility index (Phi) is 3.13. The molecule has 1 aliphatic rings. The quantitative estimate of drug-likeness (QED) is 0.735. The van der Waals surface area contributed by atoms with Gasteiger partial charge in [0.15, 0.2) is 17.2 Å². The number of ether oxygens (including phenoxy) is 1. The normalized spacial score (nSPS) is 24.9. The maximum atomic E-state index is 13.1. The van der Waals surface area contributed by atoms with Gasteiger partial charge in [-0.2, -0.15) is 4.98 Å². The Morgan fingerprint density at radius 1 is 1.81 bits per heavy atom. The molecule has 1 aliphatic heterocycles. The van der Waals surface area contributed by atoms with E-state index in [1.807, 2.05) is 0 Å². The molecule has 2 heterocycles. The molecule has 2 rings (SSSR count). The predicted octanol–water partition coefficient (Wildman–Crippen LogP) is -0.455. The van der Waals surface area contributed by atoms with Crippen molar-refractivity contribution in [3.05, 3.63) is 22.5 Å². The number of hydrogen-bond acceptors (Lipinski definition) is 6. The summed E-state index contributed by atoms with van der Waals surface area (Å²) in [5, 5.41) is 8.86. The Morgan fingerprint density at radius 3 is 3.19 bits per heavy atom. The largest absolute Gasteiger partial charge is 0.394 e. The number of rotatable bonds is 2. The van der Waals surface area contributed by atoms with Crippen molar-refractivity contribution in [2.24, 2.45) is 0 Å². The lowest BCUT2D eigenvalue weighted by molar-refractivity contribution is -0.00349. The van der Waals surface area contributed by atoms with Crippen molar-refractivity contribution in [2.75, 3.05) is 18.1 Å². The summed E-state index contributed by atoms with van der Waals surface area (Å²) < 4.78 is 19.5. The van der Waals surface area contributed by atoms with E-state index in [0.717, 1.165) is 10.8 Å². The van der Waals surface area contributed by atoms with Crippen LogP contribution in [0.4, 0.5) is 10.2 Å². The van der Waals surface area contributed by atoms with Crippen molar-refractivity contribution in [3.8, 4) is 0 Å². The minimum absolute atomic E-state index is 0.136. The first-order valence-corrected chi connectivity index (χ1v) is 5.58. The molecule has 16 heavy (non-hydrogen) atoms. The van der Waals surface area contributed by atoms with Gasteiger partial charge in [0, 0.05) is 5.75 Å². The van der Waals surface area contributed by atoms with Gasteiger partial charge in [0.05, 0.1) is 18.9 Å². The lowest BCUT2D eigenvalue weighted by Crippen LogP contribution is -2.28. The summed E-state index contributed by atoms with van der Waals surface area (Å²) in [6, 6.07) is 0. The molecule has 0 saturated carbocycles. The summed E-state index contributed by atoms with van der Waals surface area (Å²) in [6.45, 7) is -0.136. The van der Waals surface area contributed by atoms with Crippen LogP contribution in [0.3, 0.4) is 0 Å². The van der Waals surface area contributed by atoms with Crippen molar-refractivity contribution in [1.29, 1.82) is 0 Å². The first kappa shape index (κ1) is 11.4. The Balaban J connectivity index is 2.28. The fourth-order valence-electron chi connectivity index (χ4n) is 1.28. The van der Waals surface area contributed by atoms with Crippen LogP contribution in [-0.2, 0) is 4.74 Å². The molecule has 8 heteroatoms. The van der Waals surface area contributed by atoms with E-state index in [4.69, 9.17) is 15.6 Å². The van der Waals surface area contributed by atoms with Gasteiger partial charge in [-0.25, -0.2) is 9.18 Å². The lowest BCUT2D eigenvalue weighted by atomic mass is 10.4. The number of nitrogen functional groups attached to an aromatic ring is 1. The van der Waals surface area contributed by atoms with E-state index in [0.29, 0.717) is 5.75 Å². The van der Waals surface area contributed by atoms with Crippen molar-refractivity contribution < 1.29 is 14.2 Å². The van der Waals surface area contributed by atoms with Crippen LogP contribution in [-0.4, -0.2) is 33.1 Å². The number of thioether (sulfide) groups is 1. The number of aromatic nitrogens is 2. The maximum Gasteiger partial charge on any atom is 0.352 e. The van der Waals surface area contributed by atoms with Crippen LogP contribution in [0.2, 0.25) is 0 Å². The molecule has 6 nitrogen and oxygen atoms in total. The molecule has 0 aromatic carbocycles. The molecule has 0 bridgehead atoms. The van der Waals surface area contributed by atoms with Gasteiger partial charge in [0.2, 0.25) is 0 Å². The molecular weight excluding hydrogens is 237 g/mol. The van der Waals surface area contributed by atoms with Gasteiger partial charge in [-0.3, -0.25) is 4.57 Å². The zero-order valence-electron chi connectivity index (χ0n) is 8.17. The van der Waals surface area contributed by atoms with Gasteiger partial charge in [0.1, 0.15) is 0 Å². The van der Waals surface area contributed by atoms with Crippen LogP contribution in [0, 0.1) is 5.82 Å². The van der Waals surface area contributed by atoms with E-state index in [1.165, 1.54) is 11.8 Å². The standard InChI is InChI=1S/C8H10FN3O3S/c9-5-1-12(7(14)11-6(5)10)8-15-4(2-13)3-16-8/h1,4,8,13H,2-3H2,(H2,10,11,14)/t4-,8-/m1/s1. The molecule has 1 fully saturated rings. The Labute approximate surface area is 94.2 Å². The third-order valence-electron chi connectivity index (χ3n) is 2.10. The molecule has 88 valence electrons. The zero-order valence-corrected chi connectivity index (χ0v) is 8.98. The summed E-state index contributed by atoms with van der Waals surface area (Å²) in [4.78, 5) is 14.7. The number of nitrogens with two attached hydrogens (primary N) is 1. The van der Waals surface area contributed by atoms with Gasteiger partial charge in [-0.15, -0.1) is 11.8 Å². The molecule has 2 atom stereocenters. The lowest BCUT2D eigenvalue weighted by Gasteiger charge is -2.13. The molecule has 0 unspecified atom stereocenters. The van der Waals surface area contributed by atoms with Crippen LogP contribution in [0.25, 0.3) is 0 Å². The summed E-state index contributed by atoms with van der Waals surface area (Å²) in [5.74, 6) is -0.654. The highest BCUT2D eigenvalue weighted by Gasteiger charge is 2.28. The summed E-state index contributed by atoms with van der Waals surface area (Å²) in [7, 11) is 0. The Bertz CT molecular complexity index is 453. The molecule has 0 spiro atoms. The van der Waals surface area contributed by atoms with Crippen molar-refractivity contribution in [2.45, 2.75) is 11.7 Å². The van der Waals surface area contributed by atoms with Crippen LogP contribution in [0.1, 0.15) is 5.56 Å². The average molecular weight is 247 g/mol. The molecule has 3 N–H and O–H groups in total. The third kappa shape index (κ3) is 2.04. The topological polar surface area (TPSA) is 90.4 Å². The number of nitrogens with zero attached hydrogens (tertiary/aromatic N) is 2. The Morgan fingerprint density at radius 2 is 2.56 bits per heavy atom. The second kappa shape index (κ2) is 4.40. The smallest absolute Gasteiger partial charge is 0.352 e. The fraction of sp³-hybridized carbons (Fsp3) is 0.500. The molecular formula is C8H10FN3O3S. The van der Waals surface area contributed by atoms with Crippen molar-refractivity contribution >= 4 is 17.6 Å². The van der Waals surface area contributed by atoms with Crippen molar-refractivity contribution in [3.63, 3.8) is 0 Å². The molecule has 1 saturated heterocycles. The zero-order chi connectivity index (χ0) is 11.7. The number of aliphatic hydroxyl groups excluding tert-OH is 1. The summed E-state index contributed by atoms with van der Waals surface area (Å²) >= 11 is 1.29. The first-order chi connectivity index (χ1) is 7.61. The van der Waals surface area contributed by atoms with Crippen LogP contribution in [0.5, 0.6) is 0 Å². The van der Waals surface area contributed by atoms with E-state index in [1.54, 1.807) is 0 Å². The highest BCUT2D eigenvalue weighted by atomic mass is 32.2. The minimum atomic E-state index is -0.767. The molecule has 1 aromatic rings. The molecule has 0 aliphatic carbocycles. The number of halogens is 1. The number of anilines is 1. The second-order valence-electron chi connectivity index (χ2n) is 3.24. The van der Waals surface area contributed by atoms with Gasteiger partial charge in [-0.1, -0.05) is 0 Å².